The van der Waals surface area contributed by atoms with Gasteiger partial charge in [-0.1, -0.05) is 18.2 Å². The molecule has 0 fully saturated rings. The molecule has 0 saturated carbocycles. The molecule has 0 aliphatic heterocycles. The summed E-state index contributed by atoms with van der Waals surface area (Å²) in [6, 6.07) is 9.01. The number of hydrogen-bond donors (Lipinski definition) is 1. The van der Waals surface area contributed by atoms with Crippen LogP contribution in [0.2, 0.25) is 0 Å². The molecule has 5 nitrogen and oxygen atoms in total. The fraction of sp³-hybridized carbons (Fsp3) is 0.385. The van der Waals surface area contributed by atoms with Gasteiger partial charge in [0.2, 0.25) is 0 Å². The van der Waals surface area contributed by atoms with Gasteiger partial charge in [-0.15, -0.1) is 0 Å². The van der Waals surface area contributed by atoms with Gasteiger partial charge in [-0.3, -0.25) is 9.59 Å². The van der Waals surface area contributed by atoms with E-state index in [-0.39, 0.29) is 12.5 Å². The molecule has 0 radical (unpaired) electrons. The fourth-order valence-corrected chi connectivity index (χ4v) is 1.27. The Morgan fingerprint density at radius 1 is 1.28 bits per heavy atom. The quantitative estimate of drug-likeness (QED) is 0.770. The van der Waals surface area contributed by atoms with Crippen LogP contribution in [-0.4, -0.2) is 31.1 Å². The lowest BCUT2D eigenvalue weighted by Gasteiger charge is -2.14. The number of hydrogen-bond acceptors (Lipinski definition) is 4. The second-order valence-electron chi connectivity index (χ2n) is 3.60. The van der Waals surface area contributed by atoms with Crippen LogP contribution in [0.1, 0.15) is 13.8 Å². The topological polar surface area (TPSA) is 64.6 Å². The Kier molecular flexibility index (Phi) is 5.70. The molecule has 1 amide bonds. The highest BCUT2D eigenvalue weighted by Crippen LogP contribution is 2.10. The molecule has 1 aromatic rings. The number of esters is 1. The lowest BCUT2D eigenvalue weighted by atomic mass is 10.3. The maximum Gasteiger partial charge on any atom is 0.325 e. The molecule has 0 aliphatic rings. The van der Waals surface area contributed by atoms with E-state index in [0.717, 1.165) is 0 Å². The minimum Gasteiger partial charge on any atom is -0.481 e. The predicted octanol–water partition coefficient (Wildman–Crippen LogP) is 1.13. The minimum atomic E-state index is -0.665. The van der Waals surface area contributed by atoms with Gasteiger partial charge in [-0.2, -0.15) is 0 Å². The average Bonchev–Trinajstić information content (AvgIpc) is 2.37. The summed E-state index contributed by atoms with van der Waals surface area (Å²) in [5.74, 6) is -0.207. The highest BCUT2D eigenvalue weighted by Gasteiger charge is 2.15. The van der Waals surface area contributed by atoms with Crippen LogP contribution in [-0.2, 0) is 14.3 Å². The smallest absolute Gasteiger partial charge is 0.325 e. The van der Waals surface area contributed by atoms with E-state index < -0.39 is 12.1 Å². The van der Waals surface area contributed by atoms with Crippen LogP contribution in [0.5, 0.6) is 5.75 Å². The first-order valence-corrected chi connectivity index (χ1v) is 5.78. The zero-order valence-electron chi connectivity index (χ0n) is 10.5. The Labute approximate surface area is 106 Å². The fourth-order valence-electron chi connectivity index (χ4n) is 1.27. The molecule has 1 N–H and O–H groups in total. The standard InChI is InChI=1S/C13H17NO4/c1-3-17-12(15)9-14-13(16)10(2)18-11-7-5-4-6-8-11/h4-8,10H,3,9H2,1-2H3,(H,14,16). The highest BCUT2D eigenvalue weighted by molar-refractivity contribution is 5.84. The summed E-state index contributed by atoms with van der Waals surface area (Å²) in [5.41, 5.74) is 0. The summed E-state index contributed by atoms with van der Waals surface area (Å²) in [5, 5.41) is 2.45. The van der Waals surface area contributed by atoms with E-state index in [1.54, 1.807) is 26.0 Å². The number of benzene rings is 1. The molecule has 0 heterocycles. The van der Waals surface area contributed by atoms with E-state index in [1.165, 1.54) is 0 Å². The van der Waals surface area contributed by atoms with E-state index in [1.807, 2.05) is 18.2 Å². The van der Waals surface area contributed by atoms with Crippen molar-refractivity contribution in [1.82, 2.24) is 5.32 Å². The maximum atomic E-state index is 11.6. The minimum absolute atomic E-state index is 0.144. The predicted molar refractivity (Wildman–Crippen MR) is 66.2 cm³/mol. The van der Waals surface area contributed by atoms with Gasteiger partial charge < -0.3 is 14.8 Å². The molecule has 1 aromatic carbocycles. The van der Waals surface area contributed by atoms with Crippen LogP contribution in [0, 0.1) is 0 Å². The third-order valence-corrected chi connectivity index (χ3v) is 2.14. The van der Waals surface area contributed by atoms with Gasteiger partial charge in [-0.25, -0.2) is 0 Å². The van der Waals surface area contributed by atoms with Crippen molar-refractivity contribution < 1.29 is 19.1 Å². The lowest BCUT2D eigenvalue weighted by molar-refractivity contribution is -0.144. The Morgan fingerprint density at radius 3 is 2.56 bits per heavy atom. The van der Waals surface area contributed by atoms with Crippen LogP contribution in [0.4, 0.5) is 0 Å². The largest absolute Gasteiger partial charge is 0.481 e. The number of nitrogens with one attached hydrogen (secondary N) is 1. The number of ether oxygens (including phenoxy) is 2. The molecule has 0 aromatic heterocycles. The molecule has 1 rings (SSSR count). The van der Waals surface area contributed by atoms with Gasteiger partial charge in [0.15, 0.2) is 6.10 Å². The average molecular weight is 251 g/mol. The van der Waals surface area contributed by atoms with Crippen molar-refractivity contribution in [2.24, 2.45) is 0 Å². The van der Waals surface area contributed by atoms with Crippen LogP contribution in [0.25, 0.3) is 0 Å². The first kappa shape index (κ1) is 14.0. The number of carbonyl (C=O) groups is 2. The molecule has 1 atom stereocenters. The van der Waals surface area contributed by atoms with Crippen molar-refractivity contribution in [1.29, 1.82) is 0 Å². The Morgan fingerprint density at radius 2 is 1.94 bits per heavy atom. The van der Waals surface area contributed by atoms with Crippen molar-refractivity contribution in [3.63, 3.8) is 0 Å². The van der Waals surface area contributed by atoms with Gasteiger partial charge in [0, 0.05) is 0 Å². The van der Waals surface area contributed by atoms with E-state index in [4.69, 9.17) is 9.47 Å². The first-order chi connectivity index (χ1) is 8.63. The van der Waals surface area contributed by atoms with Gasteiger partial charge in [0.25, 0.3) is 5.91 Å². The van der Waals surface area contributed by atoms with Crippen LogP contribution < -0.4 is 10.1 Å². The van der Waals surface area contributed by atoms with Crippen molar-refractivity contribution in [3.05, 3.63) is 30.3 Å². The van der Waals surface area contributed by atoms with Crippen molar-refractivity contribution >= 4 is 11.9 Å². The number of para-hydroxylation sites is 1. The zero-order chi connectivity index (χ0) is 13.4. The molecule has 1 unspecified atom stereocenters. The van der Waals surface area contributed by atoms with Crippen molar-refractivity contribution in [3.8, 4) is 5.75 Å². The molecule has 0 saturated heterocycles. The van der Waals surface area contributed by atoms with Gasteiger partial charge in [0.1, 0.15) is 12.3 Å². The number of carbonyl (C=O) groups excluding carboxylic acids is 2. The summed E-state index contributed by atoms with van der Waals surface area (Å²) >= 11 is 0. The molecule has 0 bridgehead atoms. The second kappa shape index (κ2) is 7.32. The first-order valence-electron chi connectivity index (χ1n) is 5.78. The van der Waals surface area contributed by atoms with Crippen LogP contribution in [0.15, 0.2) is 30.3 Å². The SMILES string of the molecule is CCOC(=O)CNC(=O)C(C)Oc1ccccc1. The van der Waals surface area contributed by atoms with Crippen molar-refractivity contribution in [2.75, 3.05) is 13.2 Å². The second-order valence-corrected chi connectivity index (χ2v) is 3.60. The summed E-state index contributed by atoms with van der Waals surface area (Å²) < 4.78 is 10.1. The Bertz CT molecular complexity index is 391. The molecule has 18 heavy (non-hydrogen) atoms. The Balaban J connectivity index is 2.35. The molecule has 5 heteroatoms. The zero-order valence-corrected chi connectivity index (χ0v) is 10.5. The van der Waals surface area contributed by atoms with Gasteiger partial charge in [0.05, 0.1) is 6.61 Å². The molecule has 98 valence electrons. The summed E-state index contributed by atoms with van der Waals surface area (Å²) in [6.07, 6.45) is -0.665. The van der Waals surface area contributed by atoms with E-state index >= 15 is 0 Å². The monoisotopic (exact) mass is 251 g/mol. The third kappa shape index (κ3) is 4.86. The Hall–Kier alpha value is -2.04. The van der Waals surface area contributed by atoms with Gasteiger partial charge in [-0.05, 0) is 26.0 Å². The third-order valence-electron chi connectivity index (χ3n) is 2.14. The summed E-state index contributed by atoms with van der Waals surface area (Å²) in [7, 11) is 0. The lowest BCUT2D eigenvalue weighted by Crippen LogP contribution is -2.39. The summed E-state index contributed by atoms with van der Waals surface area (Å²) in [6.45, 7) is 3.48. The van der Waals surface area contributed by atoms with Crippen LogP contribution >= 0.6 is 0 Å². The maximum absolute atomic E-state index is 11.6. The van der Waals surface area contributed by atoms with Crippen LogP contribution in [0.3, 0.4) is 0 Å². The van der Waals surface area contributed by atoms with E-state index in [0.29, 0.717) is 12.4 Å². The molecular weight excluding hydrogens is 234 g/mol. The molecular formula is C13H17NO4. The molecule has 0 spiro atoms. The van der Waals surface area contributed by atoms with Crippen molar-refractivity contribution in [2.45, 2.75) is 20.0 Å². The van der Waals surface area contributed by atoms with E-state index in [2.05, 4.69) is 5.32 Å². The highest BCUT2D eigenvalue weighted by atomic mass is 16.5. The van der Waals surface area contributed by atoms with E-state index in [9.17, 15) is 9.59 Å². The normalized spacial score (nSPS) is 11.4. The number of rotatable bonds is 6. The summed E-state index contributed by atoms with van der Waals surface area (Å²) in [4.78, 5) is 22.7. The van der Waals surface area contributed by atoms with Gasteiger partial charge >= 0.3 is 5.97 Å². The molecule has 0 aliphatic carbocycles. The number of amides is 1.